The zero-order valence-corrected chi connectivity index (χ0v) is 25.5. The van der Waals surface area contributed by atoms with E-state index < -0.39 is 24.3 Å². The molecule has 11 nitrogen and oxygen atoms in total. The lowest BCUT2D eigenvalue weighted by Gasteiger charge is -2.30. The van der Waals surface area contributed by atoms with E-state index in [-0.39, 0.29) is 36.8 Å². The second-order valence-corrected chi connectivity index (χ2v) is 10.6. The highest BCUT2D eigenvalue weighted by Gasteiger charge is 2.38. The van der Waals surface area contributed by atoms with Crippen LogP contribution < -0.4 is 21.3 Å². The van der Waals surface area contributed by atoms with E-state index in [9.17, 15) is 27.6 Å². The molecular formula is C33H36F3N5O6. The number of carbonyl (C=O) groups excluding carboxylic acids is 3. The number of carboxylic acids is 1. The quantitative estimate of drug-likeness (QED) is 0.148. The molecular weight excluding hydrogens is 619 g/mol. The van der Waals surface area contributed by atoms with Gasteiger partial charge in [0, 0.05) is 12.1 Å². The van der Waals surface area contributed by atoms with E-state index in [0.717, 1.165) is 24.1 Å². The number of piperidine rings is 1. The molecule has 250 valence electrons. The van der Waals surface area contributed by atoms with Crippen LogP contribution in [0.5, 0.6) is 0 Å². The number of benzene rings is 3. The summed E-state index contributed by atoms with van der Waals surface area (Å²) in [6, 6.07) is 25.3. The first-order chi connectivity index (χ1) is 22.3. The Morgan fingerprint density at radius 3 is 2.15 bits per heavy atom. The van der Waals surface area contributed by atoms with Crippen LogP contribution in [-0.2, 0) is 32.3 Å². The fraction of sp³-hybridized carbons (Fsp3) is 0.303. The predicted octanol–water partition coefficient (Wildman–Crippen LogP) is 4.23. The Hall–Kier alpha value is -5.24. The summed E-state index contributed by atoms with van der Waals surface area (Å²) in [5.74, 6) is -3.01. The largest absolute Gasteiger partial charge is 0.490 e. The number of halogens is 3. The minimum Gasteiger partial charge on any atom is -0.475 e. The normalized spacial score (nSPS) is 16.3. The van der Waals surface area contributed by atoms with Crippen molar-refractivity contribution < 1.29 is 42.2 Å². The number of carbonyl (C=O) groups is 4. The lowest BCUT2D eigenvalue weighted by Crippen LogP contribution is -2.53. The van der Waals surface area contributed by atoms with E-state index in [1.807, 2.05) is 48.5 Å². The van der Waals surface area contributed by atoms with Gasteiger partial charge in [0.2, 0.25) is 11.8 Å². The van der Waals surface area contributed by atoms with Crippen LogP contribution in [0.1, 0.15) is 47.9 Å². The van der Waals surface area contributed by atoms with Crippen LogP contribution in [0.15, 0.2) is 84.9 Å². The monoisotopic (exact) mass is 655 g/mol. The van der Waals surface area contributed by atoms with Gasteiger partial charge in [-0.3, -0.25) is 20.3 Å². The molecule has 14 heteroatoms. The summed E-state index contributed by atoms with van der Waals surface area (Å²) in [6.07, 6.45) is -4.14. The zero-order chi connectivity index (χ0) is 34.4. The third-order valence-corrected chi connectivity index (χ3v) is 7.13. The number of alkyl carbamates (subject to hydrolysis) is 1. The van der Waals surface area contributed by atoms with Crippen LogP contribution in [0.25, 0.3) is 0 Å². The molecule has 1 aliphatic rings. The summed E-state index contributed by atoms with van der Waals surface area (Å²) in [6.45, 7) is 2.79. The summed E-state index contributed by atoms with van der Waals surface area (Å²) in [7, 11) is 0. The average molecular weight is 656 g/mol. The number of amidine groups is 1. The van der Waals surface area contributed by atoms with Gasteiger partial charge in [-0.1, -0.05) is 84.9 Å². The molecule has 6 N–H and O–H groups in total. The maximum Gasteiger partial charge on any atom is 0.490 e. The van der Waals surface area contributed by atoms with Gasteiger partial charge in [0.25, 0.3) is 0 Å². The molecule has 3 aromatic rings. The lowest BCUT2D eigenvalue weighted by molar-refractivity contribution is -0.192. The number of ether oxygens (including phenoxy) is 1. The molecule has 0 saturated carbocycles. The molecule has 1 unspecified atom stereocenters. The molecule has 3 atom stereocenters. The fourth-order valence-corrected chi connectivity index (χ4v) is 4.59. The van der Waals surface area contributed by atoms with E-state index in [4.69, 9.17) is 20.0 Å². The van der Waals surface area contributed by atoms with E-state index in [1.54, 1.807) is 31.2 Å². The van der Waals surface area contributed by atoms with E-state index in [2.05, 4.69) is 33.4 Å². The number of nitrogens with one attached hydrogen (secondary N) is 5. The molecule has 1 aliphatic heterocycles. The zero-order valence-electron chi connectivity index (χ0n) is 25.5. The van der Waals surface area contributed by atoms with Crippen molar-refractivity contribution in [3.8, 4) is 0 Å². The molecule has 4 rings (SSSR count). The molecule has 3 amide bonds. The first-order valence-electron chi connectivity index (χ1n) is 14.7. The first kappa shape index (κ1) is 36.2. The average Bonchev–Trinajstić information content (AvgIpc) is 3.07. The van der Waals surface area contributed by atoms with Crippen molar-refractivity contribution in [2.45, 2.75) is 57.1 Å². The van der Waals surface area contributed by atoms with Crippen LogP contribution in [-0.4, -0.2) is 59.6 Å². The number of aliphatic carboxylic acids is 1. The molecule has 0 spiro atoms. The third kappa shape index (κ3) is 12.2. The Morgan fingerprint density at radius 2 is 1.55 bits per heavy atom. The van der Waals surface area contributed by atoms with Crippen molar-refractivity contribution >= 4 is 29.7 Å². The highest BCUT2D eigenvalue weighted by atomic mass is 19.4. The predicted molar refractivity (Wildman–Crippen MR) is 166 cm³/mol. The molecule has 0 radical (unpaired) electrons. The molecule has 0 aliphatic carbocycles. The number of hydrogen-bond donors (Lipinski definition) is 6. The van der Waals surface area contributed by atoms with Crippen LogP contribution >= 0.6 is 0 Å². The first-order valence-corrected chi connectivity index (χ1v) is 14.7. The van der Waals surface area contributed by atoms with Gasteiger partial charge in [-0.15, -0.1) is 0 Å². The van der Waals surface area contributed by atoms with Gasteiger partial charge in [-0.2, -0.15) is 13.2 Å². The van der Waals surface area contributed by atoms with Crippen LogP contribution in [0.3, 0.4) is 0 Å². The molecule has 0 aromatic heterocycles. The lowest BCUT2D eigenvalue weighted by atomic mass is 9.86. The van der Waals surface area contributed by atoms with Crippen LogP contribution in [0, 0.1) is 5.41 Å². The summed E-state index contributed by atoms with van der Waals surface area (Å²) in [4.78, 5) is 46.4. The Bertz CT molecular complexity index is 1500. The van der Waals surface area contributed by atoms with Gasteiger partial charge < -0.3 is 25.8 Å². The maximum absolute atomic E-state index is 12.8. The highest BCUT2D eigenvalue weighted by Crippen LogP contribution is 2.27. The van der Waals surface area contributed by atoms with Crippen LogP contribution in [0.4, 0.5) is 18.0 Å². The SMILES string of the molecule is CC(NC(=O)[C@H]1C[C@@H](c2ccccc2)CCN1)C(=O)NCc1ccc(C(=N)NC(=O)OCc2ccccc2)cc1.O=C(O)C(F)(F)F. The minimum atomic E-state index is -5.08. The topological polar surface area (TPSA) is 170 Å². The smallest absolute Gasteiger partial charge is 0.475 e. The summed E-state index contributed by atoms with van der Waals surface area (Å²) >= 11 is 0. The fourth-order valence-electron chi connectivity index (χ4n) is 4.59. The second-order valence-electron chi connectivity index (χ2n) is 10.6. The standard InChI is InChI=1S/C31H35N5O4.C2HF3O2/c1-21(35-30(38)27-18-26(16-17-33-27)24-10-6-3-7-11-24)29(37)34-19-22-12-14-25(15-13-22)28(32)36-31(39)40-20-23-8-4-2-5-9-23;3-2(4,5)1(6)7/h2-15,21,26-27,33H,16-20H2,1H3,(H,34,37)(H,35,38)(H2,32,36,39);(H,6,7)/t21?,26-,27+;/m0./s1. The number of alkyl halides is 3. The van der Waals surface area contributed by atoms with Gasteiger partial charge in [0.05, 0.1) is 6.04 Å². The van der Waals surface area contributed by atoms with E-state index in [0.29, 0.717) is 17.9 Å². The van der Waals surface area contributed by atoms with Gasteiger partial charge in [-0.05, 0) is 48.9 Å². The van der Waals surface area contributed by atoms with Gasteiger partial charge in [0.1, 0.15) is 18.5 Å². The molecule has 1 heterocycles. The molecule has 0 bridgehead atoms. The highest BCUT2D eigenvalue weighted by molar-refractivity contribution is 6.04. The number of hydrogen-bond acceptors (Lipinski definition) is 7. The summed E-state index contributed by atoms with van der Waals surface area (Å²) in [5.41, 5.74) is 3.40. The van der Waals surface area contributed by atoms with Crippen molar-refractivity contribution in [3.63, 3.8) is 0 Å². The van der Waals surface area contributed by atoms with E-state index in [1.165, 1.54) is 5.56 Å². The van der Waals surface area contributed by atoms with Gasteiger partial charge in [0.15, 0.2) is 0 Å². The third-order valence-electron chi connectivity index (χ3n) is 7.13. The van der Waals surface area contributed by atoms with Gasteiger partial charge in [-0.25, -0.2) is 9.59 Å². The van der Waals surface area contributed by atoms with Crippen molar-refractivity contribution in [2.75, 3.05) is 6.54 Å². The number of carboxylic acid groups (broad SMARTS) is 1. The number of amides is 3. The van der Waals surface area contributed by atoms with Crippen molar-refractivity contribution in [2.24, 2.45) is 0 Å². The Labute approximate surface area is 269 Å². The minimum absolute atomic E-state index is 0.0872. The Balaban J connectivity index is 0.000000771. The maximum atomic E-state index is 12.8. The van der Waals surface area contributed by atoms with E-state index >= 15 is 0 Å². The van der Waals surface area contributed by atoms with Crippen molar-refractivity contribution in [3.05, 3.63) is 107 Å². The Kier molecular flexibility index (Phi) is 13.5. The second kappa shape index (κ2) is 17.5. The molecule has 47 heavy (non-hydrogen) atoms. The van der Waals surface area contributed by atoms with Crippen molar-refractivity contribution in [1.29, 1.82) is 5.41 Å². The molecule has 1 saturated heterocycles. The Morgan fingerprint density at radius 1 is 0.957 bits per heavy atom. The molecule has 1 fully saturated rings. The summed E-state index contributed by atoms with van der Waals surface area (Å²) in [5, 5.41) is 26.6. The van der Waals surface area contributed by atoms with Crippen LogP contribution in [0.2, 0.25) is 0 Å². The van der Waals surface area contributed by atoms with Gasteiger partial charge >= 0.3 is 18.2 Å². The number of rotatable bonds is 9. The van der Waals surface area contributed by atoms with Crippen molar-refractivity contribution in [1.82, 2.24) is 21.3 Å². The summed E-state index contributed by atoms with van der Waals surface area (Å²) < 4.78 is 36.9. The molecule has 3 aromatic carbocycles.